The predicted molar refractivity (Wildman–Crippen MR) is 73.7 cm³/mol. The highest BCUT2D eigenvalue weighted by molar-refractivity contribution is 14.1. The number of pyridine rings is 1. The molecule has 0 unspecified atom stereocenters. The molecule has 0 fully saturated rings. The Labute approximate surface area is 109 Å². The Morgan fingerprint density at radius 1 is 1.06 bits per heavy atom. The summed E-state index contributed by atoms with van der Waals surface area (Å²) in [4.78, 5) is 4.45. The Morgan fingerprint density at radius 3 is 2.31 bits per heavy atom. The van der Waals surface area contributed by atoms with Gasteiger partial charge in [0.1, 0.15) is 9.45 Å². The third kappa shape index (κ3) is 2.35. The van der Waals surface area contributed by atoms with E-state index in [0.717, 1.165) is 15.1 Å². The number of methoxy groups -OCH3 is 1. The van der Waals surface area contributed by atoms with E-state index in [1.807, 2.05) is 25.1 Å². The van der Waals surface area contributed by atoms with Gasteiger partial charge in [0.15, 0.2) is 0 Å². The lowest BCUT2D eigenvalue weighted by molar-refractivity contribution is 0.415. The minimum Gasteiger partial charge on any atom is -0.497 e. The van der Waals surface area contributed by atoms with E-state index < -0.39 is 0 Å². The fraction of sp³-hybridized carbons (Fsp3) is 0.154. The molecule has 1 aromatic carbocycles. The van der Waals surface area contributed by atoms with Gasteiger partial charge in [-0.2, -0.15) is 0 Å². The highest BCUT2D eigenvalue weighted by atomic mass is 127. The van der Waals surface area contributed by atoms with Gasteiger partial charge in [-0.1, -0.05) is 12.1 Å². The second kappa shape index (κ2) is 4.82. The van der Waals surface area contributed by atoms with Gasteiger partial charge in [0.05, 0.1) is 7.11 Å². The van der Waals surface area contributed by atoms with Gasteiger partial charge in [-0.05, 0) is 59.3 Å². The molecular weight excluding hydrogens is 313 g/mol. The maximum Gasteiger partial charge on any atom is 0.118 e. The molecule has 3 heteroatoms. The van der Waals surface area contributed by atoms with Gasteiger partial charge in [0, 0.05) is 11.3 Å². The number of hydrogen-bond donors (Lipinski definition) is 0. The monoisotopic (exact) mass is 325 g/mol. The van der Waals surface area contributed by atoms with Crippen LogP contribution in [0.2, 0.25) is 0 Å². The lowest BCUT2D eigenvalue weighted by atomic mass is 10.0. The zero-order valence-corrected chi connectivity index (χ0v) is 11.4. The molecule has 0 radical (unpaired) electrons. The molecule has 0 bridgehead atoms. The van der Waals surface area contributed by atoms with E-state index in [4.69, 9.17) is 4.74 Å². The standard InChI is InChI=1S/C13H12INO/c1-9-12(7-8-13(14)15-9)10-3-5-11(16-2)6-4-10/h3-8H,1-2H3. The van der Waals surface area contributed by atoms with E-state index in [-0.39, 0.29) is 0 Å². The van der Waals surface area contributed by atoms with Crippen molar-refractivity contribution in [1.29, 1.82) is 0 Å². The van der Waals surface area contributed by atoms with Gasteiger partial charge >= 0.3 is 0 Å². The number of benzene rings is 1. The second-order valence-corrected chi connectivity index (χ2v) is 4.60. The summed E-state index contributed by atoms with van der Waals surface area (Å²) in [6.45, 7) is 2.03. The number of aryl methyl sites for hydroxylation is 1. The van der Waals surface area contributed by atoms with Gasteiger partial charge in [-0.25, -0.2) is 4.98 Å². The van der Waals surface area contributed by atoms with Crippen LogP contribution in [0, 0.1) is 10.6 Å². The van der Waals surface area contributed by atoms with Crippen LogP contribution >= 0.6 is 22.6 Å². The van der Waals surface area contributed by atoms with Crippen molar-refractivity contribution >= 4 is 22.6 Å². The lowest BCUT2D eigenvalue weighted by Crippen LogP contribution is -1.90. The van der Waals surface area contributed by atoms with Crippen LogP contribution in [-0.2, 0) is 0 Å². The maximum absolute atomic E-state index is 5.14. The Balaban J connectivity index is 2.42. The van der Waals surface area contributed by atoms with Crippen LogP contribution in [0.4, 0.5) is 0 Å². The van der Waals surface area contributed by atoms with Crippen molar-refractivity contribution in [3.05, 3.63) is 45.8 Å². The fourth-order valence-electron chi connectivity index (χ4n) is 1.61. The summed E-state index contributed by atoms with van der Waals surface area (Å²) in [5, 5.41) is 0. The summed E-state index contributed by atoms with van der Waals surface area (Å²) in [5.41, 5.74) is 3.39. The van der Waals surface area contributed by atoms with Crippen molar-refractivity contribution in [2.75, 3.05) is 7.11 Å². The lowest BCUT2D eigenvalue weighted by Gasteiger charge is -2.06. The third-order valence-electron chi connectivity index (χ3n) is 2.45. The Morgan fingerprint density at radius 2 is 1.75 bits per heavy atom. The molecule has 0 N–H and O–H groups in total. The second-order valence-electron chi connectivity index (χ2n) is 3.50. The zero-order valence-electron chi connectivity index (χ0n) is 9.20. The van der Waals surface area contributed by atoms with Crippen LogP contribution in [0.1, 0.15) is 5.69 Å². The maximum atomic E-state index is 5.14. The van der Waals surface area contributed by atoms with Crippen LogP contribution in [0.15, 0.2) is 36.4 Å². The van der Waals surface area contributed by atoms with Crippen molar-refractivity contribution in [3.63, 3.8) is 0 Å². The summed E-state index contributed by atoms with van der Waals surface area (Å²) in [5.74, 6) is 0.875. The van der Waals surface area contributed by atoms with Crippen LogP contribution < -0.4 is 4.74 Å². The molecule has 1 aromatic heterocycles. The Hall–Kier alpha value is -1.10. The minimum atomic E-state index is 0.875. The molecule has 0 saturated heterocycles. The normalized spacial score (nSPS) is 10.2. The molecule has 0 atom stereocenters. The van der Waals surface area contributed by atoms with E-state index in [9.17, 15) is 0 Å². The summed E-state index contributed by atoms with van der Waals surface area (Å²) >= 11 is 2.22. The molecular formula is C13H12INO. The van der Waals surface area contributed by atoms with Crippen LogP contribution in [-0.4, -0.2) is 12.1 Å². The van der Waals surface area contributed by atoms with Gasteiger partial charge in [-0.15, -0.1) is 0 Å². The van der Waals surface area contributed by atoms with Crippen LogP contribution in [0.5, 0.6) is 5.75 Å². The SMILES string of the molecule is COc1ccc(-c2ccc(I)nc2C)cc1. The summed E-state index contributed by atoms with van der Waals surface area (Å²) in [6, 6.07) is 12.2. The average molecular weight is 325 g/mol. The molecule has 0 aliphatic heterocycles. The molecule has 0 amide bonds. The molecule has 2 nitrogen and oxygen atoms in total. The number of hydrogen-bond acceptors (Lipinski definition) is 2. The van der Waals surface area contributed by atoms with E-state index in [0.29, 0.717) is 0 Å². The van der Waals surface area contributed by atoms with Gasteiger partial charge in [0.2, 0.25) is 0 Å². The number of rotatable bonds is 2. The highest BCUT2D eigenvalue weighted by Gasteiger charge is 2.03. The first-order valence-corrected chi connectivity index (χ1v) is 6.06. The van der Waals surface area contributed by atoms with E-state index in [1.54, 1.807) is 7.11 Å². The van der Waals surface area contributed by atoms with Crippen LogP contribution in [0.3, 0.4) is 0 Å². The molecule has 0 spiro atoms. The van der Waals surface area contributed by atoms with Gasteiger partial charge < -0.3 is 4.74 Å². The zero-order chi connectivity index (χ0) is 11.5. The van der Waals surface area contributed by atoms with E-state index >= 15 is 0 Å². The van der Waals surface area contributed by atoms with Crippen molar-refractivity contribution in [2.45, 2.75) is 6.92 Å². The third-order valence-corrected chi connectivity index (χ3v) is 3.05. The van der Waals surface area contributed by atoms with Gasteiger partial charge in [0.25, 0.3) is 0 Å². The molecule has 2 rings (SSSR count). The minimum absolute atomic E-state index is 0.875. The molecule has 1 heterocycles. The topological polar surface area (TPSA) is 22.1 Å². The molecule has 0 aliphatic rings. The van der Waals surface area contributed by atoms with E-state index in [2.05, 4.69) is 45.8 Å². The molecule has 0 saturated carbocycles. The van der Waals surface area contributed by atoms with Gasteiger partial charge in [-0.3, -0.25) is 0 Å². The summed E-state index contributed by atoms with van der Waals surface area (Å²) in [7, 11) is 1.67. The van der Waals surface area contributed by atoms with Crippen molar-refractivity contribution in [1.82, 2.24) is 4.98 Å². The first kappa shape index (κ1) is 11.4. The highest BCUT2D eigenvalue weighted by Crippen LogP contribution is 2.24. The fourth-order valence-corrected chi connectivity index (χ4v) is 2.15. The van der Waals surface area contributed by atoms with Crippen molar-refractivity contribution in [2.24, 2.45) is 0 Å². The predicted octanol–water partition coefficient (Wildman–Crippen LogP) is 3.67. The largest absolute Gasteiger partial charge is 0.497 e. The number of halogens is 1. The molecule has 82 valence electrons. The number of ether oxygens (including phenoxy) is 1. The Kier molecular flexibility index (Phi) is 3.43. The first-order chi connectivity index (χ1) is 7.70. The van der Waals surface area contributed by atoms with Crippen molar-refractivity contribution < 1.29 is 4.74 Å². The number of nitrogens with zero attached hydrogens (tertiary/aromatic N) is 1. The number of aromatic nitrogens is 1. The summed E-state index contributed by atoms with van der Waals surface area (Å²) in [6.07, 6.45) is 0. The van der Waals surface area contributed by atoms with Crippen LogP contribution in [0.25, 0.3) is 11.1 Å². The average Bonchev–Trinajstić information content (AvgIpc) is 2.29. The van der Waals surface area contributed by atoms with Crippen molar-refractivity contribution in [3.8, 4) is 16.9 Å². The molecule has 16 heavy (non-hydrogen) atoms. The smallest absolute Gasteiger partial charge is 0.118 e. The van der Waals surface area contributed by atoms with E-state index in [1.165, 1.54) is 11.1 Å². The molecule has 0 aliphatic carbocycles. The molecule has 2 aromatic rings. The summed E-state index contributed by atoms with van der Waals surface area (Å²) < 4.78 is 6.16. The quantitative estimate of drug-likeness (QED) is 0.621. The first-order valence-electron chi connectivity index (χ1n) is 4.98. The Bertz CT molecular complexity index is 494.